The van der Waals surface area contributed by atoms with Gasteiger partial charge in [-0.25, -0.2) is 9.42 Å². The van der Waals surface area contributed by atoms with Crippen molar-refractivity contribution in [2.45, 2.75) is 26.3 Å². The number of hydrogen-bond donors (Lipinski definition) is 2. The fraction of sp³-hybridized carbons (Fsp3) is 0.571. The molecule has 2 aromatic heterocycles. The van der Waals surface area contributed by atoms with Gasteiger partial charge in [0.15, 0.2) is 5.69 Å². The van der Waals surface area contributed by atoms with Gasteiger partial charge in [0.2, 0.25) is 11.6 Å². The van der Waals surface area contributed by atoms with Crippen molar-refractivity contribution in [1.82, 2.24) is 30.2 Å². The Hall–Kier alpha value is -3.02. The van der Waals surface area contributed by atoms with Gasteiger partial charge in [0.25, 0.3) is 0 Å². The van der Waals surface area contributed by atoms with Gasteiger partial charge in [0, 0.05) is 6.54 Å². The summed E-state index contributed by atoms with van der Waals surface area (Å²) in [5, 5.41) is 24.0. The van der Waals surface area contributed by atoms with Gasteiger partial charge in [-0.2, -0.15) is 4.68 Å². The number of nitrogen functional groups attached to an aromatic ring is 1. The molecule has 3 heterocycles. The van der Waals surface area contributed by atoms with Crippen LogP contribution in [0.15, 0.2) is 4.63 Å². The van der Waals surface area contributed by atoms with Crippen LogP contribution in [-0.4, -0.2) is 66.9 Å². The van der Waals surface area contributed by atoms with Crippen LogP contribution in [0.1, 0.15) is 35.9 Å². The van der Waals surface area contributed by atoms with E-state index in [2.05, 4.69) is 25.3 Å². The lowest BCUT2D eigenvalue weighted by Crippen LogP contribution is -2.37. The van der Waals surface area contributed by atoms with E-state index in [9.17, 15) is 14.7 Å². The maximum absolute atomic E-state index is 11.8. The number of esters is 1. The number of anilines is 1. The number of piperidine rings is 1. The smallest absolute Gasteiger partial charge is 0.358 e. The van der Waals surface area contributed by atoms with Gasteiger partial charge in [0.1, 0.15) is 0 Å². The van der Waals surface area contributed by atoms with Crippen LogP contribution in [0.4, 0.5) is 5.82 Å². The third-order valence-corrected chi connectivity index (χ3v) is 4.24. The highest BCUT2D eigenvalue weighted by Crippen LogP contribution is 2.22. The van der Waals surface area contributed by atoms with Gasteiger partial charge >= 0.3 is 11.9 Å². The van der Waals surface area contributed by atoms with E-state index in [1.165, 1.54) is 4.68 Å². The molecule has 0 aromatic carbocycles. The van der Waals surface area contributed by atoms with Gasteiger partial charge < -0.3 is 15.6 Å². The fourth-order valence-electron chi connectivity index (χ4n) is 2.92. The molecule has 1 aliphatic rings. The molecule has 1 fully saturated rings. The van der Waals surface area contributed by atoms with E-state index in [0.29, 0.717) is 38.2 Å². The third kappa shape index (κ3) is 3.49. The lowest BCUT2D eigenvalue weighted by Gasteiger charge is -2.30. The number of aromatic carboxylic acids is 1. The lowest BCUT2D eigenvalue weighted by molar-refractivity contribution is -0.149. The number of nitrogens with zero attached hydrogens (tertiary/aromatic N) is 6. The van der Waals surface area contributed by atoms with Gasteiger partial charge in [-0.1, -0.05) is 5.21 Å². The van der Waals surface area contributed by atoms with E-state index in [4.69, 9.17) is 10.5 Å². The quantitative estimate of drug-likeness (QED) is 0.646. The first kappa shape index (κ1) is 17.8. The second-order valence-electron chi connectivity index (χ2n) is 5.88. The van der Waals surface area contributed by atoms with Crippen LogP contribution in [-0.2, 0) is 16.1 Å². The van der Waals surface area contributed by atoms with Crippen molar-refractivity contribution in [2.24, 2.45) is 5.92 Å². The lowest BCUT2D eigenvalue weighted by atomic mass is 9.97. The zero-order chi connectivity index (χ0) is 18.7. The van der Waals surface area contributed by atoms with E-state index in [1.54, 1.807) is 6.92 Å². The second kappa shape index (κ2) is 7.47. The summed E-state index contributed by atoms with van der Waals surface area (Å²) in [6.07, 6.45) is 1.27. The van der Waals surface area contributed by atoms with E-state index < -0.39 is 5.97 Å². The zero-order valence-electron chi connectivity index (χ0n) is 14.2. The largest absolute Gasteiger partial charge is 0.476 e. The Kier molecular flexibility index (Phi) is 5.11. The maximum atomic E-state index is 11.8. The summed E-state index contributed by atoms with van der Waals surface area (Å²) in [7, 11) is 0. The molecule has 0 unspecified atom stereocenters. The standard InChI is InChI=1S/C14H19N7O5/c1-2-25-14(24)8-3-5-20(6-4-8)7-9-10(13(22)23)16-19-21(9)12-11(15)17-26-18-12/h8H,2-7H2,1H3,(H2,15,17)(H,22,23). The van der Waals surface area contributed by atoms with Crippen molar-refractivity contribution in [1.29, 1.82) is 0 Å². The molecule has 3 N–H and O–H groups in total. The number of hydrogen-bond acceptors (Lipinski definition) is 10. The minimum absolute atomic E-state index is 0.0193. The van der Waals surface area contributed by atoms with E-state index in [1.807, 2.05) is 4.90 Å². The maximum Gasteiger partial charge on any atom is 0.358 e. The molecular weight excluding hydrogens is 346 g/mol. The van der Waals surface area contributed by atoms with Crippen LogP contribution in [0.5, 0.6) is 0 Å². The molecule has 0 aliphatic carbocycles. The molecule has 3 rings (SSSR count). The summed E-state index contributed by atoms with van der Waals surface area (Å²) in [6.45, 7) is 3.62. The Morgan fingerprint density at radius 3 is 2.65 bits per heavy atom. The van der Waals surface area contributed by atoms with Crippen molar-refractivity contribution < 1.29 is 24.1 Å². The van der Waals surface area contributed by atoms with Crippen LogP contribution in [0, 0.1) is 5.92 Å². The van der Waals surface area contributed by atoms with Gasteiger partial charge in [-0.15, -0.1) is 5.10 Å². The Labute approximate surface area is 147 Å². The molecule has 0 bridgehead atoms. The number of carboxylic acid groups (broad SMARTS) is 1. The van der Waals surface area contributed by atoms with Crippen LogP contribution >= 0.6 is 0 Å². The average molecular weight is 365 g/mol. The molecule has 0 saturated carbocycles. The summed E-state index contributed by atoms with van der Waals surface area (Å²) in [5.41, 5.74) is 5.79. The van der Waals surface area contributed by atoms with E-state index >= 15 is 0 Å². The number of carbonyl (C=O) groups is 2. The summed E-state index contributed by atoms with van der Waals surface area (Å²) in [6, 6.07) is 0. The van der Waals surface area contributed by atoms with Crippen LogP contribution in [0.3, 0.4) is 0 Å². The van der Waals surface area contributed by atoms with Crippen LogP contribution < -0.4 is 5.73 Å². The van der Waals surface area contributed by atoms with Crippen molar-refractivity contribution in [2.75, 3.05) is 25.4 Å². The van der Waals surface area contributed by atoms with Crippen molar-refractivity contribution in [3.8, 4) is 5.82 Å². The van der Waals surface area contributed by atoms with Crippen molar-refractivity contribution in [3.63, 3.8) is 0 Å². The van der Waals surface area contributed by atoms with Crippen molar-refractivity contribution >= 4 is 17.8 Å². The summed E-state index contributed by atoms with van der Waals surface area (Å²) >= 11 is 0. The number of rotatable bonds is 6. The van der Waals surface area contributed by atoms with Crippen LogP contribution in [0.2, 0.25) is 0 Å². The Balaban J connectivity index is 1.76. The molecule has 0 amide bonds. The molecular formula is C14H19N7O5. The molecule has 0 spiro atoms. The highest BCUT2D eigenvalue weighted by molar-refractivity contribution is 5.86. The van der Waals surface area contributed by atoms with Gasteiger partial charge in [-0.05, 0) is 43.2 Å². The molecule has 0 radical (unpaired) electrons. The molecule has 12 heteroatoms. The molecule has 2 aromatic rings. The molecule has 1 aliphatic heterocycles. The number of aromatic nitrogens is 5. The number of likely N-dealkylation sites (tertiary alicyclic amines) is 1. The minimum atomic E-state index is -1.21. The Morgan fingerprint density at radius 2 is 2.08 bits per heavy atom. The van der Waals surface area contributed by atoms with E-state index in [-0.39, 0.29) is 35.8 Å². The van der Waals surface area contributed by atoms with Gasteiger partial charge in [0.05, 0.1) is 18.2 Å². The minimum Gasteiger partial charge on any atom is -0.476 e. The van der Waals surface area contributed by atoms with Crippen LogP contribution in [0.25, 0.3) is 5.82 Å². The number of carboxylic acids is 1. The fourth-order valence-corrected chi connectivity index (χ4v) is 2.92. The second-order valence-corrected chi connectivity index (χ2v) is 5.88. The highest BCUT2D eigenvalue weighted by Gasteiger charge is 2.29. The summed E-state index contributed by atoms with van der Waals surface area (Å²) in [5.74, 6) is -1.46. The molecule has 140 valence electrons. The average Bonchev–Trinajstić information content (AvgIpc) is 3.21. The number of nitrogens with two attached hydrogens (primary N) is 1. The summed E-state index contributed by atoms with van der Waals surface area (Å²) < 4.78 is 10.8. The number of ether oxygens (including phenoxy) is 1. The highest BCUT2D eigenvalue weighted by atomic mass is 16.6. The third-order valence-electron chi connectivity index (χ3n) is 4.24. The molecule has 26 heavy (non-hydrogen) atoms. The van der Waals surface area contributed by atoms with Crippen molar-refractivity contribution in [3.05, 3.63) is 11.4 Å². The summed E-state index contributed by atoms with van der Waals surface area (Å²) in [4.78, 5) is 25.3. The predicted molar refractivity (Wildman–Crippen MR) is 85.2 cm³/mol. The first-order chi connectivity index (χ1) is 12.5. The first-order valence-corrected chi connectivity index (χ1v) is 8.16. The Bertz CT molecular complexity index is 793. The molecule has 12 nitrogen and oxygen atoms in total. The molecule has 1 saturated heterocycles. The van der Waals surface area contributed by atoms with E-state index in [0.717, 1.165) is 0 Å². The normalized spacial score (nSPS) is 15.9. The molecule has 0 atom stereocenters. The zero-order valence-corrected chi connectivity index (χ0v) is 14.2. The Morgan fingerprint density at radius 1 is 1.35 bits per heavy atom. The monoisotopic (exact) mass is 365 g/mol. The predicted octanol–water partition coefficient (Wildman–Crippen LogP) is -0.294. The van der Waals surface area contributed by atoms with Gasteiger partial charge in [-0.3, -0.25) is 9.69 Å². The topological polar surface area (TPSA) is 162 Å². The SMILES string of the molecule is CCOC(=O)C1CCN(Cc2c(C(=O)O)nnn2-c2nonc2N)CC1. The number of carbonyl (C=O) groups excluding carboxylic acids is 1. The first-order valence-electron chi connectivity index (χ1n) is 8.16.